The molecule has 1 amide bonds. The van der Waals surface area contributed by atoms with Crippen molar-refractivity contribution in [2.75, 3.05) is 42.9 Å². The Labute approximate surface area is 152 Å². The number of anilines is 2. The number of amides is 1. The molecule has 1 fully saturated rings. The number of hydrogen-bond acceptors (Lipinski definition) is 3. The van der Waals surface area contributed by atoms with Crippen molar-refractivity contribution in [3.63, 3.8) is 0 Å². The summed E-state index contributed by atoms with van der Waals surface area (Å²) < 4.78 is 26.3. The molecule has 0 saturated carbocycles. The molecule has 6 heteroatoms. The second kappa shape index (κ2) is 7.83. The fraction of sp³-hybridized carbons (Fsp3) is 0.350. The molecule has 0 bridgehead atoms. The molecule has 3 rings (SSSR count). The van der Waals surface area contributed by atoms with Gasteiger partial charge in [0.15, 0.2) is 11.6 Å². The highest BCUT2D eigenvalue weighted by Gasteiger charge is 2.17. The van der Waals surface area contributed by atoms with Crippen LogP contribution in [0.4, 0.5) is 20.2 Å². The van der Waals surface area contributed by atoms with Crippen molar-refractivity contribution in [1.82, 2.24) is 4.90 Å². The molecule has 0 unspecified atom stereocenters. The molecule has 0 radical (unpaired) electrons. The molecule has 1 saturated heterocycles. The maximum Gasteiger partial charge on any atom is 0.255 e. The van der Waals surface area contributed by atoms with Crippen LogP contribution < -0.4 is 10.2 Å². The fourth-order valence-electron chi connectivity index (χ4n) is 3.23. The van der Waals surface area contributed by atoms with Gasteiger partial charge in [0.1, 0.15) is 0 Å². The zero-order valence-corrected chi connectivity index (χ0v) is 15.1. The van der Waals surface area contributed by atoms with Crippen LogP contribution in [-0.4, -0.2) is 43.5 Å². The van der Waals surface area contributed by atoms with E-state index in [4.69, 9.17) is 0 Å². The summed E-state index contributed by atoms with van der Waals surface area (Å²) in [6.07, 6.45) is 0. The Morgan fingerprint density at radius 3 is 2.38 bits per heavy atom. The number of halogens is 2. The number of nitrogens with zero attached hydrogens (tertiary/aromatic N) is 2. The lowest BCUT2D eigenvalue weighted by molar-refractivity contribution is 0.102. The van der Waals surface area contributed by atoms with E-state index in [1.165, 1.54) is 6.07 Å². The molecule has 138 valence electrons. The predicted octanol–water partition coefficient (Wildman–Crippen LogP) is 3.67. The first-order valence-corrected chi connectivity index (χ1v) is 8.82. The van der Waals surface area contributed by atoms with Gasteiger partial charge < -0.3 is 15.1 Å². The van der Waals surface area contributed by atoms with Crippen molar-refractivity contribution in [2.24, 2.45) is 0 Å². The van der Waals surface area contributed by atoms with Crippen LogP contribution in [0.2, 0.25) is 0 Å². The average Bonchev–Trinajstić information content (AvgIpc) is 2.64. The fourth-order valence-corrected chi connectivity index (χ4v) is 3.23. The second-order valence-corrected chi connectivity index (χ2v) is 6.51. The van der Waals surface area contributed by atoms with Gasteiger partial charge in [0.2, 0.25) is 0 Å². The number of benzene rings is 2. The van der Waals surface area contributed by atoms with Crippen LogP contribution in [-0.2, 0) is 0 Å². The molecule has 0 spiro atoms. The Hall–Kier alpha value is -2.47. The Kier molecular flexibility index (Phi) is 5.52. The van der Waals surface area contributed by atoms with Gasteiger partial charge in [0.05, 0.1) is 0 Å². The number of piperazine rings is 1. The lowest BCUT2D eigenvalue weighted by Gasteiger charge is -2.36. The SMILES string of the molecule is CCN1CCN(c2ccc(NC(=O)c3ccc(F)c(F)c3)cc2C)CC1. The summed E-state index contributed by atoms with van der Waals surface area (Å²) >= 11 is 0. The lowest BCUT2D eigenvalue weighted by atomic mass is 10.1. The van der Waals surface area contributed by atoms with Crippen LogP contribution in [0.1, 0.15) is 22.8 Å². The van der Waals surface area contributed by atoms with E-state index in [2.05, 4.69) is 22.0 Å². The van der Waals surface area contributed by atoms with Gasteiger partial charge in [0, 0.05) is 43.1 Å². The largest absolute Gasteiger partial charge is 0.369 e. The molecule has 1 heterocycles. The van der Waals surface area contributed by atoms with Crippen LogP contribution in [0.25, 0.3) is 0 Å². The zero-order valence-electron chi connectivity index (χ0n) is 15.1. The smallest absolute Gasteiger partial charge is 0.255 e. The quantitative estimate of drug-likeness (QED) is 0.905. The van der Waals surface area contributed by atoms with E-state index < -0.39 is 17.5 Å². The number of carbonyl (C=O) groups is 1. The number of hydrogen-bond donors (Lipinski definition) is 1. The number of likely N-dealkylation sites (N-methyl/N-ethyl adjacent to an activating group) is 1. The number of carbonyl (C=O) groups excluding carboxylic acids is 1. The van der Waals surface area contributed by atoms with Crippen molar-refractivity contribution in [1.29, 1.82) is 0 Å². The van der Waals surface area contributed by atoms with Crippen molar-refractivity contribution >= 4 is 17.3 Å². The Balaban J connectivity index is 1.69. The molecule has 1 aliphatic rings. The highest BCUT2D eigenvalue weighted by atomic mass is 19.2. The average molecular weight is 359 g/mol. The highest BCUT2D eigenvalue weighted by molar-refractivity contribution is 6.04. The monoisotopic (exact) mass is 359 g/mol. The van der Waals surface area contributed by atoms with Gasteiger partial charge in [-0.2, -0.15) is 0 Å². The minimum Gasteiger partial charge on any atom is -0.369 e. The van der Waals surface area contributed by atoms with Crippen LogP contribution in [0.5, 0.6) is 0 Å². The van der Waals surface area contributed by atoms with Crippen molar-refractivity contribution in [3.05, 3.63) is 59.2 Å². The summed E-state index contributed by atoms with van der Waals surface area (Å²) in [5.74, 6) is -2.46. The maximum atomic E-state index is 13.3. The molecular weight excluding hydrogens is 336 g/mol. The summed E-state index contributed by atoms with van der Waals surface area (Å²) in [5, 5.41) is 2.74. The van der Waals surface area contributed by atoms with E-state index in [9.17, 15) is 13.6 Å². The molecule has 4 nitrogen and oxygen atoms in total. The second-order valence-electron chi connectivity index (χ2n) is 6.51. The summed E-state index contributed by atoms with van der Waals surface area (Å²) in [4.78, 5) is 17.0. The first-order chi connectivity index (χ1) is 12.5. The van der Waals surface area contributed by atoms with Crippen molar-refractivity contribution < 1.29 is 13.6 Å². The van der Waals surface area contributed by atoms with E-state index >= 15 is 0 Å². The molecular formula is C20H23F2N3O. The Morgan fingerprint density at radius 2 is 1.77 bits per heavy atom. The molecule has 0 aliphatic carbocycles. The lowest BCUT2D eigenvalue weighted by Crippen LogP contribution is -2.46. The van der Waals surface area contributed by atoms with Gasteiger partial charge in [-0.3, -0.25) is 4.79 Å². The number of rotatable bonds is 4. The van der Waals surface area contributed by atoms with E-state index in [-0.39, 0.29) is 5.56 Å². The summed E-state index contributed by atoms with van der Waals surface area (Å²) in [6.45, 7) is 9.31. The number of aryl methyl sites for hydroxylation is 1. The van der Waals surface area contributed by atoms with Crippen LogP contribution in [0.15, 0.2) is 36.4 Å². The van der Waals surface area contributed by atoms with Crippen molar-refractivity contribution in [2.45, 2.75) is 13.8 Å². The molecule has 0 aromatic heterocycles. The molecule has 2 aromatic carbocycles. The first kappa shape index (κ1) is 18.3. The molecule has 1 N–H and O–H groups in total. The van der Waals surface area contributed by atoms with Crippen molar-refractivity contribution in [3.8, 4) is 0 Å². The van der Waals surface area contributed by atoms with E-state index in [0.717, 1.165) is 56.1 Å². The Bertz CT molecular complexity index is 802. The summed E-state index contributed by atoms with van der Waals surface area (Å²) in [6, 6.07) is 8.86. The summed E-state index contributed by atoms with van der Waals surface area (Å²) in [5.41, 5.74) is 2.94. The van der Waals surface area contributed by atoms with Crippen LogP contribution in [0, 0.1) is 18.6 Å². The zero-order chi connectivity index (χ0) is 18.7. The topological polar surface area (TPSA) is 35.6 Å². The molecule has 2 aromatic rings. The van der Waals surface area contributed by atoms with E-state index in [0.29, 0.717) is 5.69 Å². The van der Waals surface area contributed by atoms with Gasteiger partial charge in [-0.25, -0.2) is 8.78 Å². The van der Waals surface area contributed by atoms with E-state index in [1.54, 1.807) is 0 Å². The van der Waals surface area contributed by atoms with Crippen LogP contribution in [0.3, 0.4) is 0 Å². The van der Waals surface area contributed by atoms with E-state index in [1.807, 2.05) is 25.1 Å². The normalized spacial score (nSPS) is 15.2. The molecule has 1 aliphatic heterocycles. The third-order valence-electron chi connectivity index (χ3n) is 4.80. The highest BCUT2D eigenvalue weighted by Crippen LogP contribution is 2.25. The summed E-state index contributed by atoms with van der Waals surface area (Å²) in [7, 11) is 0. The van der Waals surface area contributed by atoms with Gasteiger partial charge in [0.25, 0.3) is 5.91 Å². The maximum absolute atomic E-state index is 13.3. The third-order valence-corrected chi connectivity index (χ3v) is 4.80. The third kappa shape index (κ3) is 4.02. The number of nitrogens with one attached hydrogen (secondary N) is 1. The first-order valence-electron chi connectivity index (χ1n) is 8.82. The molecule has 0 atom stereocenters. The predicted molar refractivity (Wildman–Crippen MR) is 99.8 cm³/mol. The standard InChI is InChI=1S/C20H23F2N3O/c1-3-24-8-10-25(11-9-24)19-7-5-16(12-14(19)2)23-20(26)15-4-6-17(21)18(22)13-15/h4-7,12-13H,3,8-11H2,1-2H3,(H,23,26). The van der Waals surface area contributed by atoms with Gasteiger partial charge in [-0.05, 0) is 55.4 Å². The van der Waals surface area contributed by atoms with Crippen LogP contribution >= 0.6 is 0 Å². The molecule has 26 heavy (non-hydrogen) atoms. The minimum absolute atomic E-state index is 0.0846. The van der Waals surface area contributed by atoms with Gasteiger partial charge in [-0.1, -0.05) is 6.92 Å². The minimum atomic E-state index is -1.03. The Morgan fingerprint density at radius 1 is 1.04 bits per heavy atom. The van der Waals surface area contributed by atoms with Gasteiger partial charge in [-0.15, -0.1) is 0 Å². The van der Waals surface area contributed by atoms with Gasteiger partial charge >= 0.3 is 0 Å².